The number of nitrogens with zero attached hydrogens (tertiary/aromatic N) is 2. The van der Waals surface area contributed by atoms with Gasteiger partial charge in [-0.15, -0.1) is 0 Å². The minimum absolute atomic E-state index is 0.0445. The molecule has 2 amide bonds. The van der Waals surface area contributed by atoms with Gasteiger partial charge in [-0.3, -0.25) is 14.4 Å². The van der Waals surface area contributed by atoms with Gasteiger partial charge >= 0.3 is 0 Å². The van der Waals surface area contributed by atoms with Crippen molar-refractivity contribution in [1.29, 1.82) is 0 Å². The van der Waals surface area contributed by atoms with Crippen LogP contribution < -0.4 is 21.1 Å². The van der Waals surface area contributed by atoms with Crippen molar-refractivity contribution in [2.75, 3.05) is 43.9 Å². The molecule has 206 valence electrons. The molecule has 1 atom stereocenters. The highest BCUT2D eigenvalue weighted by Gasteiger charge is 2.26. The van der Waals surface area contributed by atoms with Gasteiger partial charge in [-0.25, -0.2) is 17.6 Å². The number of nitrogens with one attached hydrogen (secondary N) is 3. The van der Waals surface area contributed by atoms with Crippen LogP contribution in [0, 0.1) is 11.6 Å². The van der Waals surface area contributed by atoms with Gasteiger partial charge in [-0.1, -0.05) is 6.07 Å². The number of aromatic amines is 1. The van der Waals surface area contributed by atoms with Gasteiger partial charge in [-0.2, -0.15) is 0 Å². The summed E-state index contributed by atoms with van der Waals surface area (Å²) < 4.78 is 57.0. The van der Waals surface area contributed by atoms with E-state index in [0.29, 0.717) is 31.4 Å². The van der Waals surface area contributed by atoms with Crippen molar-refractivity contribution in [3.63, 3.8) is 0 Å². The highest BCUT2D eigenvalue weighted by atomic mass is 19.3. The zero-order chi connectivity index (χ0) is 28.4. The quantitative estimate of drug-likeness (QED) is 0.407. The maximum Gasteiger partial charge on any atom is 0.264 e. The molecule has 12 heteroatoms. The number of piperazine rings is 1. The van der Waals surface area contributed by atoms with E-state index in [0.717, 1.165) is 12.3 Å². The standard InChI is InChI=1S/C27H27F4N5O3/c1-14-13-36(7-6-35(14)3)23-11-21(29)16(15-4-5-20(28)18(8-15)26(38)32-2)9-22(23)34-27(39)19-12-33-24(37)10-17(19)25(30)31/h4-5,8-12,14,25H,6-7,13H2,1-3H3,(H,32,38)(H,33,37)(H,34,39)/t14-/m1/s1. The van der Waals surface area contributed by atoms with Crippen LogP contribution in [0.2, 0.25) is 0 Å². The lowest BCUT2D eigenvalue weighted by molar-refractivity contribution is 0.0958. The Kier molecular flexibility index (Phi) is 8.05. The molecule has 1 fully saturated rings. The van der Waals surface area contributed by atoms with Crippen LogP contribution in [-0.2, 0) is 0 Å². The molecule has 4 rings (SSSR count). The summed E-state index contributed by atoms with van der Waals surface area (Å²) >= 11 is 0. The first-order valence-electron chi connectivity index (χ1n) is 12.1. The normalized spacial score (nSPS) is 15.9. The Morgan fingerprint density at radius 3 is 2.44 bits per heavy atom. The van der Waals surface area contributed by atoms with Crippen LogP contribution in [0.25, 0.3) is 11.1 Å². The summed E-state index contributed by atoms with van der Waals surface area (Å²) in [5.41, 5.74) is -1.73. The molecule has 0 spiro atoms. The van der Waals surface area contributed by atoms with Gasteiger partial charge in [0.05, 0.1) is 22.5 Å². The summed E-state index contributed by atoms with van der Waals surface area (Å²) in [7, 11) is 3.29. The second-order valence-corrected chi connectivity index (χ2v) is 9.32. The van der Waals surface area contributed by atoms with Crippen molar-refractivity contribution in [3.05, 3.63) is 81.3 Å². The number of hydrogen-bond donors (Lipinski definition) is 3. The maximum atomic E-state index is 15.6. The Hall–Kier alpha value is -4.19. The first kappa shape index (κ1) is 27.8. The number of carbonyl (C=O) groups is 2. The second-order valence-electron chi connectivity index (χ2n) is 9.32. The van der Waals surface area contributed by atoms with Gasteiger partial charge in [0.25, 0.3) is 18.2 Å². The number of alkyl halides is 2. The van der Waals surface area contributed by atoms with E-state index in [-0.39, 0.29) is 28.4 Å². The molecule has 1 aliphatic rings. The fraction of sp³-hybridized carbons (Fsp3) is 0.296. The molecule has 3 N–H and O–H groups in total. The number of H-pyrrole nitrogens is 1. The summed E-state index contributed by atoms with van der Waals surface area (Å²) in [6.45, 7) is 3.64. The molecule has 39 heavy (non-hydrogen) atoms. The van der Waals surface area contributed by atoms with Crippen molar-refractivity contribution >= 4 is 23.2 Å². The average molecular weight is 546 g/mol. The molecule has 0 saturated carbocycles. The number of benzene rings is 2. The monoisotopic (exact) mass is 545 g/mol. The SMILES string of the molecule is CNC(=O)c1cc(-c2cc(NC(=O)c3c[nH]c(=O)cc3C(F)F)c(N3CCN(C)[C@H](C)C3)cc2F)ccc1F. The Bertz CT molecular complexity index is 1480. The smallest absolute Gasteiger partial charge is 0.264 e. The number of halogens is 4. The summed E-state index contributed by atoms with van der Waals surface area (Å²) in [6.07, 6.45) is -2.19. The van der Waals surface area contributed by atoms with Crippen LogP contribution in [0.3, 0.4) is 0 Å². The predicted octanol–water partition coefficient (Wildman–Crippen LogP) is 4.01. The van der Waals surface area contributed by atoms with Gasteiger partial charge < -0.3 is 25.4 Å². The van der Waals surface area contributed by atoms with Gasteiger partial charge in [0, 0.05) is 56.1 Å². The van der Waals surface area contributed by atoms with Crippen LogP contribution >= 0.6 is 0 Å². The summed E-state index contributed by atoms with van der Waals surface area (Å²) in [5, 5.41) is 4.91. The van der Waals surface area contributed by atoms with Crippen molar-refractivity contribution in [1.82, 2.24) is 15.2 Å². The molecule has 2 heterocycles. The zero-order valence-electron chi connectivity index (χ0n) is 21.4. The van der Waals surface area contributed by atoms with Crippen LogP contribution in [-0.4, -0.2) is 61.5 Å². The number of anilines is 2. The van der Waals surface area contributed by atoms with Crippen LogP contribution in [0.1, 0.15) is 39.6 Å². The van der Waals surface area contributed by atoms with Crippen LogP contribution in [0.4, 0.5) is 28.9 Å². The molecule has 3 aromatic rings. The third-order valence-corrected chi connectivity index (χ3v) is 6.82. The molecule has 0 unspecified atom stereocenters. The molecule has 0 radical (unpaired) electrons. The fourth-order valence-electron chi connectivity index (χ4n) is 4.47. The van der Waals surface area contributed by atoms with Gasteiger partial charge in [0.15, 0.2) is 0 Å². The molecule has 0 aliphatic carbocycles. The minimum atomic E-state index is -3.09. The maximum absolute atomic E-state index is 15.6. The van der Waals surface area contributed by atoms with Gasteiger partial charge in [0.2, 0.25) is 5.56 Å². The lowest BCUT2D eigenvalue weighted by Crippen LogP contribution is -2.50. The molecule has 2 aromatic carbocycles. The van der Waals surface area contributed by atoms with E-state index in [2.05, 4.69) is 20.5 Å². The van der Waals surface area contributed by atoms with Crippen molar-refractivity contribution in [3.8, 4) is 11.1 Å². The lowest BCUT2D eigenvalue weighted by atomic mass is 9.99. The van der Waals surface area contributed by atoms with Gasteiger partial charge in [0.1, 0.15) is 11.6 Å². The Morgan fingerprint density at radius 2 is 1.77 bits per heavy atom. The highest BCUT2D eigenvalue weighted by Crippen LogP contribution is 2.36. The van der Waals surface area contributed by atoms with E-state index >= 15 is 4.39 Å². The van der Waals surface area contributed by atoms with E-state index < -0.39 is 46.6 Å². The first-order valence-corrected chi connectivity index (χ1v) is 12.1. The van der Waals surface area contributed by atoms with Crippen LogP contribution in [0.5, 0.6) is 0 Å². The zero-order valence-corrected chi connectivity index (χ0v) is 21.4. The van der Waals surface area contributed by atoms with E-state index in [1.807, 2.05) is 18.9 Å². The fourth-order valence-corrected chi connectivity index (χ4v) is 4.47. The second kappa shape index (κ2) is 11.3. The van der Waals surface area contributed by atoms with Crippen LogP contribution in [0.15, 0.2) is 47.4 Å². The first-order chi connectivity index (χ1) is 18.5. The summed E-state index contributed by atoms with van der Waals surface area (Å²) in [6, 6.07) is 6.79. The van der Waals surface area contributed by atoms with E-state index in [4.69, 9.17) is 0 Å². The van der Waals surface area contributed by atoms with Gasteiger partial charge in [-0.05, 0) is 43.8 Å². The molecule has 0 bridgehead atoms. The number of aromatic nitrogens is 1. The number of pyridine rings is 1. The molecular formula is C27H27F4N5O3. The number of hydrogen-bond acceptors (Lipinski definition) is 5. The third-order valence-electron chi connectivity index (χ3n) is 6.82. The van der Waals surface area contributed by atoms with Crippen molar-refractivity contribution in [2.24, 2.45) is 0 Å². The van der Waals surface area contributed by atoms with Crippen molar-refractivity contribution < 1.29 is 27.2 Å². The lowest BCUT2D eigenvalue weighted by Gasteiger charge is -2.39. The average Bonchev–Trinajstić information content (AvgIpc) is 2.90. The third kappa shape index (κ3) is 5.80. The highest BCUT2D eigenvalue weighted by molar-refractivity contribution is 6.07. The molecule has 1 aliphatic heterocycles. The van der Waals surface area contributed by atoms with E-state index in [1.54, 1.807) is 0 Å². The Labute approximate surface area is 221 Å². The Morgan fingerprint density at radius 1 is 1.03 bits per heavy atom. The molecule has 8 nitrogen and oxygen atoms in total. The molecular weight excluding hydrogens is 518 g/mol. The predicted molar refractivity (Wildman–Crippen MR) is 139 cm³/mol. The van der Waals surface area contributed by atoms with E-state index in [9.17, 15) is 27.6 Å². The number of rotatable bonds is 6. The summed E-state index contributed by atoms with van der Waals surface area (Å²) in [4.78, 5) is 43.1. The molecule has 1 saturated heterocycles. The number of likely N-dealkylation sites (N-methyl/N-ethyl adjacent to an activating group) is 1. The van der Waals surface area contributed by atoms with Crippen molar-refractivity contribution in [2.45, 2.75) is 19.4 Å². The topological polar surface area (TPSA) is 97.5 Å². The Balaban J connectivity index is 1.83. The largest absolute Gasteiger partial charge is 0.367 e. The number of amides is 2. The summed E-state index contributed by atoms with van der Waals surface area (Å²) in [5.74, 6) is -3.13. The minimum Gasteiger partial charge on any atom is -0.367 e. The van der Waals surface area contributed by atoms with E-state index in [1.165, 1.54) is 31.3 Å². The number of carbonyl (C=O) groups excluding carboxylic acids is 2. The molecule has 1 aromatic heterocycles.